The normalized spacial score (nSPS) is 15.5. The Morgan fingerprint density at radius 1 is 0.696 bits per heavy atom. The molecule has 0 radical (unpaired) electrons. The van der Waals surface area contributed by atoms with E-state index in [-0.39, 0.29) is 0 Å². The van der Waals surface area contributed by atoms with Crippen molar-refractivity contribution in [2.45, 2.75) is 57.3 Å². The van der Waals surface area contributed by atoms with Gasteiger partial charge in [0.25, 0.3) is 0 Å². The molecule has 0 amide bonds. The third-order valence-electron chi connectivity index (χ3n) is 9.78. The molecule has 0 heterocycles. The van der Waals surface area contributed by atoms with Gasteiger partial charge in [-0.25, -0.2) is 0 Å². The number of rotatable bonds is 13. The Hall–Kier alpha value is -4.68. The first-order chi connectivity index (χ1) is 22.7. The lowest BCUT2D eigenvalue weighted by Crippen LogP contribution is -2.12. The Morgan fingerprint density at radius 2 is 1.41 bits per heavy atom. The molecule has 0 saturated heterocycles. The van der Waals surface area contributed by atoms with Crippen LogP contribution in [0.5, 0.6) is 0 Å². The highest BCUT2D eigenvalue weighted by molar-refractivity contribution is 5.85. The molecule has 0 heteroatoms. The summed E-state index contributed by atoms with van der Waals surface area (Å²) in [6.45, 7) is 6.35. The van der Waals surface area contributed by atoms with Gasteiger partial charge in [-0.2, -0.15) is 0 Å². The van der Waals surface area contributed by atoms with Crippen molar-refractivity contribution < 1.29 is 0 Å². The number of hydrogen-bond donors (Lipinski definition) is 0. The molecule has 1 aliphatic rings. The molecule has 1 aliphatic carbocycles. The predicted octanol–water partition coefficient (Wildman–Crippen LogP) is 12.6. The molecule has 0 saturated carbocycles. The van der Waals surface area contributed by atoms with E-state index in [1.807, 2.05) is 0 Å². The molecule has 230 valence electrons. The quantitative estimate of drug-likeness (QED) is 0.118. The number of aryl methyl sites for hydroxylation is 1. The van der Waals surface area contributed by atoms with Gasteiger partial charge >= 0.3 is 0 Å². The van der Waals surface area contributed by atoms with Crippen LogP contribution in [0.25, 0.3) is 21.9 Å². The third kappa shape index (κ3) is 7.93. The van der Waals surface area contributed by atoms with Crippen molar-refractivity contribution in [1.29, 1.82) is 0 Å². The molecule has 3 unspecified atom stereocenters. The molecule has 0 aromatic heterocycles. The Labute approximate surface area is 276 Å². The zero-order chi connectivity index (χ0) is 31.6. The maximum atomic E-state index is 3.95. The molecule has 0 spiro atoms. The molecule has 5 aromatic carbocycles. The molecular formula is C46H46. The molecular weight excluding hydrogens is 553 g/mol. The molecule has 0 fully saturated rings. The summed E-state index contributed by atoms with van der Waals surface area (Å²) in [7, 11) is 0. The van der Waals surface area contributed by atoms with Gasteiger partial charge in [0.05, 0.1) is 0 Å². The largest absolute Gasteiger partial charge is 0.103 e. The minimum absolute atomic E-state index is 0.377. The van der Waals surface area contributed by atoms with Crippen LogP contribution in [-0.2, 0) is 12.8 Å². The van der Waals surface area contributed by atoms with Crippen LogP contribution >= 0.6 is 0 Å². The van der Waals surface area contributed by atoms with Gasteiger partial charge in [0, 0.05) is 0 Å². The number of hydrogen-bond acceptors (Lipinski definition) is 0. The van der Waals surface area contributed by atoms with Crippen molar-refractivity contribution in [3.63, 3.8) is 0 Å². The van der Waals surface area contributed by atoms with E-state index in [2.05, 4.69) is 171 Å². The average Bonchev–Trinajstić information content (AvgIpc) is 3.12. The molecule has 0 N–H and O–H groups in total. The topological polar surface area (TPSA) is 0 Å². The van der Waals surface area contributed by atoms with Gasteiger partial charge in [-0.1, -0.05) is 165 Å². The van der Waals surface area contributed by atoms with Crippen LogP contribution in [-0.4, -0.2) is 0 Å². The zero-order valence-electron chi connectivity index (χ0n) is 27.2. The van der Waals surface area contributed by atoms with E-state index in [1.54, 1.807) is 0 Å². The fourth-order valence-corrected chi connectivity index (χ4v) is 7.02. The summed E-state index contributed by atoms with van der Waals surface area (Å²) >= 11 is 0. The van der Waals surface area contributed by atoms with Crippen LogP contribution in [0.4, 0.5) is 0 Å². The molecule has 46 heavy (non-hydrogen) atoms. The van der Waals surface area contributed by atoms with Crippen molar-refractivity contribution in [3.05, 3.63) is 192 Å². The van der Waals surface area contributed by atoms with Crippen LogP contribution in [0.3, 0.4) is 0 Å². The van der Waals surface area contributed by atoms with Gasteiger partial charge < -0.3 is 0 Å². The van der Waals surface area contributed by atoms with Gasteiger partial charge in [-0.15, -0.1) is 6.58 Å². The van der Waals surface area contributed by atoms with Gasteiger partial charge in [-0.05, 0) is 106 Å². The SMILES string of the molecule is C=CCCC(C=C1C=CC=CC1)CCc1ccc(-c2ccc(C(C)C(Cc3cccc4ccccc34)c3ccccc3)cc2)cc1. The first-order valence-electron chi connectivity index (χ1n) is 17.0. The summed E-state index contributed by atoms with van der Waals surface area (Å²) in [5.74, 6) is 1.34. The predicted molar refractivity (Wildman–Crippen MR) is 199 cm³/mol. The highest BCUT2D eigenvalue weighted by atomic mass is 14.3. The van der Waals surface area contributed by atoms with E-state index < -0.39 is 0 Å². The fourth-order valence-electron chi connectivity index (χ4n) is 7.02. The Bertz CT molecular complexity index is 1790. The molecule has 5 aromatic rings. The standard InChI is InChI=1S/C46H46/c1-3-4-14-38(33-37-15-7-5-8-16-37)24-23-36-25-27-40(28-26-36)41-31-29-39(30-32-41)35(2)46(43-17-9-6-10-18-43)34-44-21-13-20-42-19-11-12-22-45(42)44/h3,5-13,15,17-22,25-33,35,38,46H,1,4,14,16,23-24,34H2,2H3. The van der Waals surface area contributed by atoms with Crippen molar-refractivity contribution in [3.8, 4) is 11.1 Å². The highest BCUT2D eigenvalue weighted by Crippen LogP contribution is 2.38. The van der Waals surface area contributed by atoms with Crippen LogP contribution in [0.15, 0.2) is 170 Å². The van der Waals surface area contributed by atoms with Crippen molar-refractivity contribution >= 4 is 10.8 Å². The molecule has 0 nitrogen and oxygen atoms in total. The Balaban J connectivity index is 1.15. The first-order valence-corrected chi connectivity index (χ1v) is 17.0. The fraction of sp³-hybridized carbons (Fsp3) is 0.217. The lowest BCUT2D eigenvalue weighted by atomic mass is 9.78. The number of fused-ring (bicyclic) bond motifs is 1. The van der Waals surface area contributed by atoms with Gasteiger partial charge in [0.1, 0.15) is 0 Å². The summed E-state index contributed by atoms with van der Waals surface area (Å²) in [5, 5.41) is 2.68. The summed E-state index contributed by atoms with van der Waals surface area (Å²) in [5.41, 5.74) is 9.61. The minimum Gasteiger partial charge on any atom is -0.103 e. The smallest absolute Gasteiger partial charge is 0.00551 e. The molecule has 0 bridgehead atoms. The second-order valence-corrected chi connectivity index (χ2v) is 12.9. The number of allylic oxidation sites excluding steroid dienone is 7. The summed E-state index contributed by atoms with van der Waals surface area (Å²) in [6, 6.07) is 45.1. The van der Waals surface area contributed by atoms with Gasteiger partial charge in [0.2, 0.25) is 0 Å². The van der Waals surface area contributed by atoms with E-state index in [9.17, 15) is 0 Å². The van der Waals surface area contributed by atoms with Gasteiger partial charge in [-0.3, -0.25) is 0 Å². The van der Waals surface area contributed by atoms with E-state index in [4.69, 9.17) is 0 Å². The second kappa shape index (κ2) is 15.5. The monoisotopic (exact) mass is 598 g/mol. The maximum Gasteiger partial charge on any atom is -0.00551 e. The van der Waals surface area contributed by atoms with Crippen molar-refractivity contribution in [2.75, 3.05) is 0 Å². The van der Waals surface area contributed by atoms with Crippen molar-refractivity contribution in [1.82, 2.24) is 0 Å². The summed E-state index contributed by atoms with van der Waals surface area (Å²) < 4.78 is 0. The van der Waals surface area contributed by atoms with Crippen LogP contribution < -0.4 is 0 Å². The Morgan fingerprint density at radius 3 is 2.15 bits per heavy atom. The molecule has 3 atom stereocenters. The van der Waals surface area contributed by atoms with Crippen LogP contribution in [0, 0.1) is 5.92 Å². The van der Waals surface area contributed by atoms with Gasteiger partial charge in [0.15, 0.2) is 0 Å². The van der Waals surface area contributed by atoms with E-state index in [0.717, 1.165) is 25.7 Å². The Kier molecular flexibility index (Phi) is 10.6. The number of benzene rings is 5. The molecule has 6 rings (SSSR count). The van der Waals surface area contributed by atoms with Crippen LogP contribution in [0.2, 0.25) is 0 Å². The summed E-state index contributed by atoms with van der Waals surface area (Å²) in [4.78, 5) is 0. The molecule has 0 aliphatic heterocycles. The first kappa shape index (κ1) is 31.3. The average molecular weight is 599 g/mol. The van der Waals surface area contributed by atoms with E-state index in [1.165, 1.54) is 62.6 Å². The minimum atomic E-state index is 0.377. The summed E-state index contributed by atoms with van der Waals surface area (Å²) in [6.07, 6.45) is 19.9. The van der Waals surface area contributed by atoms with Crippen molar-refractivity contribution in [2.24, 2.45) is 5.92 Å². The lowest BCUT2D eigenvalue weighted by Gasteiger charge is -2.26. The zero-order valence-corrected chi connectivity index (χ0v) is 27.2. The van der Waals surface area contributed by atoms with E-state index >= 15 is 0 Å². The maximum absolute atomic E-state index is 3.95. The van der Waals surface area contributed by atoms with E-state index in [0.29, 0.717) is 17.8 Å². The highest BCUT2D eigenvalue weighted by Gasteiger charge is 2.22. The third-order valence-corrected chi connectivity index (χ3v) is 9.78. The van der Waals surface area contributed by atoms with Crippen LogP contribution in [0.1, 0.15) is 66.7 Å². The second-order valence-electron chi connectivity index (χ2n) is 12.9. The lowest BCUT2D eigenvalue weighted by molar-refractivity contribution is 0.547.